The van der Waals surface area contributed by atoms with Crippen LogP contribution in [-0.2, 0) is 4.79 Å². The van der Waals surface area contributed by atoms with Gasteiger partial charge in [-0.1, -0.05) is 19.8 Å². The number of amides is 1. The molecule has 2 rings (SSSR count). The monoisotopic (exact) mass is 282 g/mol. The molecule has 0 aromatic heterocycles. The predicted molar refractivity (Wildman–Crippen MR) is 80.1 cm³/mol. The van der Waals surface area contributed by atoms with Crippen LogP contribution in [0, 0.1) is 17.8 Å². The number of nitrogens with one attached hydrogen (secondary N) is 1. The molecule has 0 aromatic carbocycles. The summed E-state index contributed by atoms with van der Waals surface area (Å²) in [7, 11) is 0. The van der Waals surface area contributed by atoms with Crippen molar-refractivity contribution in [3.05, 3.63) is 0 Å². The Morgan fingerprint density at radius 3 is 2.60 bits per heavy atom. The molecule has 0 aromatic rings. The predicted octanol–water partition coefficient (Wildman–Crippen LogP) is 1.81. The molecule has 2 aliphatic rings. The first kappa shape index (κ1) is 15.8. The summed E-state index contributed by atoms with van der Waals surface area (Å²) in [6.45, 7) is 3.35. The molecule has 0 bridgehead atoms. The second kappa shape index (κ2) is 6.90. The lowest BCUT2D eigenvalue weighted by Crippen LogP contribution is -2.47. The van der Waals surface area contributed by atoms with Gasteiger partial charge >= 0.3 is 0 Å². The van der Waals surface area contributed by atoms with Gasteiger partial charge in [0, 0.05) is 12.5 Å². The minimum atomic E-state index is -0.679. The highest BCUT2D eigenvalue weighted by Gasteiger charge is 2.34. The molecule has 0 aliphatic heterocycles. The van der Waals surface area contributed by atoms with E-state index in [4.69, 9.17) is 5.73 Å². The Bertz CT molecular complexity index is 326. The number of carbonyl (C=O) groups excluding carboxylic acids is 1. The second-order valence-corrected chi connectivity index (χ2v) is 7.10. The molecule has 4 nitrogen and oxygen atoms in total. The van der Waals surface area contributed by atoms with Gasteiger partial charge in [0.15, 0.2) is 0 Å². The zero-order valence-electron chi connectivity index (χ0n) is 12.7. The lowest BCUT2D eigenvalue weighted by molar-refractivity contribution is -0.128. The third-order valence-electron chi connectivity index (χ3n) is 5.21. The Morgan fingerprint density at radius 1 is 1.30 bits per heavy atom. The second-order valence-electron chi connectivity index (χ2n) is 7.10. The number of carbonyl (C=O) groups is 1. The summed E-state index contributed by atoms with van der Waals surface area (Å²) < 4.78 is 0. The maximum absolute atomic E-state index is 12.2. The van der Waals surface area contributed by atoms with E-state index in [-0.39, 0.29) is 11.8 Å². The van der Waals surface area contributed by atoms with Gasteiger partial charge in [0.2, 0.25) is 5.91 Å². The van der Waals surface area contributed by atoms with Crippen LogP contribution in [-0.4, -0.2) is 29.7 Å². The van der Waals surface area contributed by atoms with Crippen LogP contribution >= 0.6 is 0 Å². The van der Waals surface area contributed by atoms with Crippen molar-refractivity contribution < 1.29 is 9.90 Å². The van der Waals surface area contributed by atoms with Crippen molar-refractivity contribution in [1.82, 2.24) is 5.32 Å². The number of hydrogen-bond donors (Lipinski definition) is 3. The summed E-state index contributed by atoms with van der Waals surface area (Å²) >= 11 is 0. The summed E-state index contributed by atoms with van der Waals surface area (Å²) in [5, 5.41) is 13.5. The normalized spacial score (nSPS) is 38.5. The number of rotatable bonds is 4. The van der Waals surface area contributed by atoms with Crippen LogP contribution in [0.25, 0.3) is 0 Å². The van der Waals surface area contributed by atoms with Crippen LogP contribution in [0.2, 0.25) is 0 Å². The van der Waals surface area contributed by atoms with Crippen LogP contribution in [0.1, 0.15) is 58.3 Å². The lowest BCUT2D eigenvalue weighted by Gasteiger charge is -2.36. The highest BCUT2D eigenvalue weighted by Crippen LogP contribution is 2.32. The largest absolute Gasteiger partial charge is 0.388 e. The Kier molecular flexibility index (Phi) is 5.44. The maximum Gasteiger partial charge on any atom is 0.223 e. The molecule has 4 heteroatoms. The van der Waals surface area contributed by atoms with Gasteiger partial charge in [-0.15, -0.1) is 0 Å². The Labute approximate surface area is 122 Å². The van der Waals surface area contributed by atoms with Crippen LogP contribution in [0.15, 0.2) is 0 Å². The molecular weight excluding hydrogens is 252 g/mol. The fraction of sp³-hybridized carbons (Fsp3) is 0.938. The van der Waals surface area contributed by atoms with Crippen molar-refractivity contribution in [2.75, 3.05) is 13.1 Å². The van der Waals surface area contributed by atoms with Gasteiger partial charge in [0.25, 0.3) is 0 Å². The van der Waals surface area contributed by atoms with E-state index >= 15 is 0 Å². The average Bonchev–Trinajstić information content (AvgIpc) is 2.45. The summed E-state index contributed by atoms with van der Waals surface area (Å²) in [5.41, 5.74) is 5.00. The molecule has 0 heterocycles. The lowest BCUT2D eigenvalue weighted by atomic mass is 9.78. The fourth-order valence-electron chi connectivity index (χ4n) is 3.85. The maximum atomic E-state index is 12.2. The molecule has 0 spiro atoms. The quantitative estimate of drug-likeness (QED) is 0.736. The summed E-state index contributed by atoms with van der Waals surface area (Å²) in [6.07, 6.45) is 7.91. The molecule has 2 saturated carbocycles. The molecule has 2 atom stereocenters. The molecule has 2 unspecified atom stereocenters. The summed E-state index contributed by atoms with van der Waals surface area (Å²) in [4.78, 5) is 12.2. The molecule has 2 fully saturated rings. The Balaban J connectivity index is 1.75. The zero-order chi connectivity index (χ0) is 14.6. The molecule has 116 valence electrons. The highest BCUT2D eigenvalue weighted by molar-refractivity contribution is 5.78. The van der Waals surface area contributed by atoms with Gasteiger partial charge < -0.3 is 16.2 Å². The SMILES string of the molecule is CC1CCCC(O)(CNC(=O)C2CCC(CN)CC2)C1. The van der Waals surface area contributed by atoms with Crippen molar-refractivity contribution in [2.45, 2.75) is 63.9 Å². The number of nitrogens with two attached hydrogens (primary N) is 1. The third-order valence-corrected chi connectivity index (χ3v) is 5.21. The third kappa shape index (κ3) is 4.19. The Hall–Kier alpha value is -0.610. The first-order valence-corrected chi connectivity index (χ1v) is 8.22. The van der Waals surface area contributed by atoms with Gasteiger partial charge in [-0.25, -0.2) is 0 Å². The standard InChI is InChI=1S/C16H30N2O2/c1-12-3-2-8-16(20,9-12)11-18-15(19)14-6-4-13(10-17)5-7-14/h12-14,20H,2-11,17H2,1H3,(H,18,19). The van der Waals surface area contributed by atoms with E-state index in [1.807, 2.05) is 0 Å². The summed E-state index contributed by atoms with van der Waals surface area (Å²) in [6, 6.07) is 0. The van der Waals surface area contributed by atoms with E-state index in [0.717, 1.165) is 51.5 Å². The molecule has 20 heavy (non-hydrogen) atoms. The van der Waals surface area contributed by atoms with E-state index < -0.39 is 5.60 Å². The molecule has 0 radical (unpaired) electrons. The fourth-order valence-corrected chi connectivity index (χ4v) is 3.85. The first-order valence-electron chi connectivity index (χ1n) is 8.22. The van der Waals surface area contributed by atoms with Crippen LogP contribution < -0.4 is 11.1 Å². The van der Waals surface area contributed by atoms with E-state index in [1.54, 1.807) is 0 Å². The molecular formula is C16H30N2O2. The van der Waals surface area contributed by atoms with Crippen LogP contribution in [0.5, 0.6) is 0 Å². The van der Waals surface area contributed by atoms with Crippen molar-refractivity contribution in [3.63, 3.8) is 0 Å². The molecule has 1 amide bonds. The van der Waals surface area contributed by atoms with Crippen molar-refractivity contribution in [1.29, 1.82) is 0 Å². The van der Waals surface area contributed by atoms with Gasteiger partial charge in [-0.2, -0.15) is 0 Å². The van der Waals surface area contributed by atoms with Crippen molar-refractivity contribution >= 4 is 5.91 Å². The number of hydrogen-bond acceptors (Lipinski definition) is 3. The van der Waals surface area contributed by atoms with E-state index in [2.05, 4.69) is 12.2 Å². The van der Waals surface area contributed by atoms with Crippen LogP contribution in [0.4, 0.5) is 0 Å². The Morgan fingerprint density at radius 2 is 2.00 bits per heavy atom. The van der Waals surface area contributed by atoms with Gasteiger partial charge in [-0.3, -0.25) is 4.79 Å². The summed E-state index contributed by atoms with van der Waals surface area (Å²) in [5.74, 6) is 1.42. The zero-order valence-corrected chi connectivity index (χ0v) is 12.7. The number of aliphatic hydroxyl groups is 1. The van der Waals surface area contributed by atoms with Gasteiger partial charge in [0.1, 0.15) is 0 Å². The molecule has 4 N–H and O–H groups in total. The average molecular weight is 282 g/mol. The molecule has 2 aliphatic carbocycles. The highest BCUT2D eigenvalue weighted by atomic mass is 16.3. The van der Waals surface area contributed by atoms with E-state index in [9.17, 15) is 9.90 Å². The smallest absolute Gasteiger partial charge is 0.223 e. The minimum absolute atomic E-state index is 0.127. The van der Waals surface area contributed by atoms with Crippen molar-refractivity contribution in [3.8, 4) is 0 Å². The van der Waals surface area contributed by atoms with Gasteiger partial charge in [0.05, 0.1) is 5.60 Å². The topological polar surface area (TPSA) is 75.3 Å². The van der Waals surface area contributed by atoms with Gasteiger partial charge in [-0.05, 0) is 56.9 Å². The van der Waals surface area contributed by atoms with Crippen molar-refractivity contribution in [2.24, 2.45) is 23.5 Å². The first-order chi connectivity index (χ1) is 9.52. The van der Waals surface area contributed by atoms with E-state index in [0.29, 0.717) is 18.4 Å². The van der Waals surface area contributed by atoms with E-state index in [1.165, 1.54) is 6.42 Å². The molecule has 0 saturated heterocycles. The minimum Gasteiger partial charge on any atom is -0.388 e. The van der Waals surface area contributed by atoms with Crippen LogP contribution in [0.3, 0.4) is 0 Å².